The lowest BCUT2D eigenvalue weighted by molar-refractivity contribution is 0.446. The summed E-state index contributed by atoms with van der Waals surface area (Å²) in [5, 5.41) is 16.1. The van der Waals surface area contributed by atoms with E-state index in [9.17, 15) is 5.11 Å². The second kappa shape index (κ2) is 4.24. The summed E-state index contributed by atoms with van der Waals surface area (Å²) in [6.45, 7) is 6.67. The molecule has 2 atom stereocenters. The van der Waals surface area contributed by atoms with Crippen molar-refractivity contribution in [3.63, 3.8) is 0 Å². The molecule has 0 heterocycles. The lowest BCUT2D eigenvalue weighted by Crippen LogP contribution is -2.24. The first-order valence-electron chi connectivity index (χ1n) is 6.96. The summed E-state index contributed by atoms with van der Waals surface area (Å²) in [5.41, 5.74) is 1.39. The van der Waals surface area contributed by atoms with Crippen LogP contribution < -0.4 is 5.32 Å². The second-order valence-corrected chi connectivity index (χ2v) is 6.36. The van der Waals surface area contributed by atoms with Crippen molar-refractivity contribution in [2.45, 2.75) is 39.3 Å². The molecule has 2 N–H and O–H groups in total. The topological polar surface area (TPSA) is 32.3 Å². The van der Waals surface area contributed by atoms with Crippen molar-refractivity contribution in [3.05, 3.63) is 42.0 Å². The molecule has 1 saturated carbocycles. The van der Waals surface area contributed by atoms with Crippen molar-refractivity contribution in [1.82, 2.24) is 5.32 Å². The number of phenols is 1. The van der Waals surface area contributed by atoms with E-state index in [2.05, 4.69) is 32.2 Å². The van der Waals surface area contributed by atoms with Crippen molar-refractivity contribution in [1.29, 1.82) is 0 Å². The maximum atomic E-state index is 10.4. The second-order valence-electron chi connectivity index (χ2n) is 6.36. The minimum absolute atomic E-state index is 0.177. The van der Waals surface area contributed by atoms with Crippen LogP contribution in [0.15, 0.2) is 36.4 Å². The first-order chi connectivity index (χ1) is 8.99. The van der Waals surface area contributed by atoms with Gasteiger partial charge in [-0.1, -0.05) is 50.2 Å². The lowest BCUT2D eigenvalue weighted by atomic mass is 10.0. The molecule has 3 rings (SSSR count). The van der Waals surface area contributed by atoms with Crippen LogP contribution in [0.3, 0.4) is 0 Å². The van der Waals surface area contributed by atoms with Crippen LogP contribution in [0.1, 0.15) is 38.8 Å². The van der Waals surface area contributed by atoms with Gasteiger partial charge in [-0.05, 0) is 24.1 Å². The van der Waals surface area contributed by atoms with Crippen molar-refractivity contribution < 1.29 is 5.11 Å². The fourth-order valence-corrected chi connectivity index (χ4v) is 2.76. The zero-order valence-electron chi connectivity index (χ0n) is 11.8. The Hall–Kier alpha value is -1.54. The highest BCUT2D eigenvalue weighted by molar-refractivity contribution is 5.89. The van der Waals surface area contributed by atoms with Crippen molar-refractivity contribution in [2.75, 3.05) is 0 Å². The third-order valence-corrected chi connectivity index (χ3v) is 4.36. The maximum Gasteiger partial charge on any atom is 0.128 e. The fourth-order valence-electron chi connectivity index (χ4n) is 2.76. The van der Waals surface area contributed by atoms with Gasteiger partial charge in [0.1, 0.15) is 5.75 Å². The number of phenolic OH excluding ortho intramolecular Hbond substituents is 1. The van der Waals surface area contributed by atoms with Crippen molar-refractivity contribution in [3.8, 4) is 5.75 Å². The van der Waals surface area contributed by atoms with Crippen molar-refractivity contribution in [2.24, 2.45) is 5.41 Å². The Bertz CT molecular complexity index is 618. The van der Waals surface area contributed by atoms with Crippen LogP contribution in [0, 0.1) is 5.41 Å². The monoisotopic (exact) mass is 255 g/mol. The van der Waals surface area contributed by atoms with Crippen LogP contribution in [0.5, 0.6) is 5.75 Å². The quantitative estimate of drug-likeness (QED) is 0.869. The molecule has 1 aliphatic rings. The molecule has 0 spiro atoms. The predicted molar refractivity (Wildman–Crippen MR) is 79.3 cm³/mol. The van der Waals surface area contributed by atoms with E-state index in [1.807, 2.05) is 30.3 Å². The van der Waals surface area contributed by atoms with E-state index in [1.54, 1.807) is 0 Å². The van der Waals surface area contributed by atoms with E-state index in [4.69, 9.17) is 0 Å². The molecule has 0 aromatic heterocycles. The highest BCUT2D eigenvalue weighted by Gasteiger charge is 2.46. The summed E-state index contributed by atoms with van der Waals surface area (Å²) >= 11 is 0. The summed E-state index contributed by atoms with van der Waals surface area (Å²) < 4.78 is 0. The van der Waals surface area contributed by atoms with Gasteiger partial charge in [0.05, 0.1) is 0 Å². The minimum atomic E-state index is 0.177. The first kappa shape index (κ1) is 12.5. The molecule has 100 valence electrons. The molecule has 0 radical (unpaired) electrons. The van der Waals surface area contributed by atoms with Gasteiger partial charge >= 0.3 is 0 Å². The number of aromatic hydroxyl groups is 1. The molecule has 0 amide bonds. The SMILES string of the molecule is CC(NC1CC1(C)C)c1ccc2ccccc2c1O. The van der Waals surface area contributed by atoms with Crippen LogP contribution in [0.2, 0.25) is 0 Å². The molecule has 2 aromatic carbocycles. The third kappa shape index (κ3) is 2.21. The van der Waals surface area contributed by atoms with Gasteiger partial charge < -0.3 is 10.4 Å². The Morgan fingerprint density at radius 2 is 1.89 bits per heavy atom. The number of rotatable bonds is 3. The molecule has 1 fully saturated rings. The molecule has 19 heavy (non-hydrogen) atoms. The zero-order valence-corrected chi connectivity index (χ0v) is 11.8. The van der Waals surface area contributed by atoms with Gasteiger partial charge in [-0.3, -0.25) is 0 Å². The molecule has 2 heteroatoms. The van der Waals surface area contributed by atoms with Crippen LogP contribution in [-0.2, 0) is 0 Å². The highest BCUT2D eigenvalue weighted by Crippen LogP contribution is 2.46. The largest absolute Gasteiger partial charge is 0.507 e. The Labute approximate surface area is 114 Å². The van der Waals surface area contributed by atoms with E-state index in [0.29, 0.717) is 17.2 Å². The van der Waals surface area contributed by atoms with Crippen LogP contribution in [-0.4, -0.2) is 11.1 Å². The molecule has 0 saturated heterocycles. The van der Waals surface area contributed by atoms with Gasteiger partial charge in [0.25, 0.3) is 0 Å². The fraction of sp³-hybridized carbons (Fsp3) is 0.412. The third-order valence-electron chi connectivity index (χ3n) is 4.36. The number of hydrogen-bond donors (Lipinski definition) is 2. The smallest absolute Gasteiger partial charge is 0.128 e. The summed E-state index contributed by atoms with van der Waals surface area (Å²) in [7, 11) is 0. The molecular weight excluding hydrogens is 234 g/mol. The molecule has 1 aliphatic carbocycles. The van der Waals surface area contributed by atoms with E-state index < -0.39 is 0 Å². The van der Waals surface area contributed by atoms with E-state index in [0.717, 1.165) is 16.3 Å². The van der Waals surface area contributed by atoms with E-state index >= 15 is 0 Å². The van der Waals surface area contributed by atoms with E-state index in [1.165, 1.54) is 6.42 Å². The van der Waals surface area contributed by atoms with Crippen LogP contribution >= 0.6 is 0 Å². The maximum absolute atomic E-state index is 10.4. The molecule has 0 aliphatic heterocycles. The molecule has 2 nitrogen and oxygen atoms in total. The standard InChI is InChI=1S/C17H21NO/c1-11(18-15-10-17(15,2)3)13-9-8-12-6-4-5-7-14(12)16(13)19/h4-9,11,15,18-19H,10H2,1-3H3. The normalized spacial score (nSPS) is 22.4. The molecular formula is C17H21NO. The van der Waals surface area contributed by atoms with Crippen molar-refractivity contribution >= 4 is 10.8 Å². The Morgan fingerprint density at radius 3 is 2.58 bits per heavy atom. The predicted octanol–water partition coefficient (Wildman–Crippen LogP) is 3.99. The molecule has 2 aromatic rings. The Morgan fingerprint density at radius 1 is 1.21 bits per heavy atom. The van der Waals surface area contributed by atoms with Gasteiger partial charge in [-0.25, -0.2) is 0 Å². The average molecular weight is 255 g/mol. The minimum Gasteiger partial charge on any atom is -0.507 e. The van der Waals surface area contributed by atoms with Gasteiger partial charge in [0.15, 0.2) is 0 Å². The number of nitrogens with one attached hydrogen (secondary N) is 1. The zero-order chi connectivity index (χ0) is 13.6. The summed E-state index contributed by atoms with van der Waals surface area (Å²) in [6.07, 6.45) is 1.21. The van der Waals surface area contributed by atoms with Crippen LogP contribution in [0.25, 0.3) is 10.8 Å². The van der Waals surface area contributed by atoms with Gasteiger partial charge in [0, 0.05) is 23.0 Å². The van der Waals surface area contributed by atoms with Gasteiger partial charge in [-0.15, -0.1) is 0 Å². The molecule has 2 unspecified atom stereocenters. The van der Waals surface area contributed by atoms with Gasteiger partial charge in [0.2, 0.25) is 0 Å². The average Bonchev–Trinajstić information content (AvgIpc) is 2.97. The van der Waals surface area contributed by atoms with E-state index in [-0.39, 0.29) is 6.04 Å². The Balaban J connectivity index is 1.90. The van der Waals surface area contributed by atoms with Crippen LogP contribution in [0.4, 0.5) is 0 Å². The Kier molecular flexibility index (Phi) is 2.79. The number of hydrogen-bond acceptors (Lipinski definition) is 2. The lowest BCUT2D eigenvalue weighted by Gasteiger charge is -2.18. The highest BCUT2D eigenvalue weighted by atomic mass is 16.3. The number of benzene rings is 2. The van der Waals surface area contributed by atoms with Gasteiger partial charge in [-0.2, -0.15) is 0 Å². The summed E-state index contributed by atoms with van der Waals surface area (Å²) in [6, 6.07) is 12.8. The first-order valence-corrected chi connectivity index (χ1v) is 6.96. The molecule has 0 bridgehead atoms. The summed E-state index contributed by atoms with van der Waals surface area (Å²) in [4.78, 5) is 0. The number of fused-ring (bicyclic) bond motifs is 1. The summed E-state index contributed by atoms with van der Waals surface area (Å²) in [5.74, 6) is 0.413.